The Balaban J connectivity index is 1.57. The first-order chi connectivity index (χ1) is 15.7. The summed E-state index contributed by atoms with van der Waals surface area (Å²) in [6.45, 7) is 2.88. The highest BCUT2D eigenvalue weighted by Crippen LogP contribution is 2.28. The van der Waals surface area contributed by atoms with Crippen LogP contribution in [0.4, 0.5) is 5.69 Å². The highest BCUT2D eigenvalue weighted by molar-refractivity contribution is 5.92. The molecule has 1 aromatic heterocycles. The fourth-order valence-electron chi connectivity index (χ4n) is 4.04. The van der Waals surface area contributed by atoms with Crippen molar-refractivity contribution in [2.45, 2.75) is 39.0 Å². The van der Waals surface area contributed by atoms with Crippen LogP contribution in [0.2, 0.25) is 0 Å². The van der Waals surface area contributed by atoms with Gasteiger partial charge in [-0.3, -0.25) is 4.79 Å². The molecule has 2 aromatic carbocycles. The van der Waals surface area contributed by atoms with E-state index in [9.17, 15) is 4.79 Å². The Morgan fingerprint density at radius 1 is 1.06 bits per heavy atom. The van der Waals surface area contributed by atoms with Crippen LogP contribution in [-0.4, -0.2) is 41.0 Å². The Labute approximate surface area is 188 Å². The molecule has 0 aliphatic heterocycles. The molecular weight excluding hydrogens is 404 g/mol. The van der Waals surface area contributed by atoms with Crippen molar-refractivity contribution in [2.24, 2.45) is 5.92 Å². The normalized spacial score (nSPS) is 14.3. The lowest BCUT2D eigenvalue weighted by Crippen LogP contribution is -2.24. The maximum Gasteiger partial charge on any atom is 0.336 e. The molecule has 7 heteroatoms. The third-order valence-corrected chi connectivity index (χ3v) is 5.85. The molecule has 1 fully saturated rings. The lowest BCUT2D eigenvalue weighted by atomic mass is 9.88. The van der Waals surface area contributed by atoms with E-state index in [1.807, 2.05) is 55.5 Å². The Morgan fingerprint density at radius 3 is 2.53 bits per heavy atom. The van der Waals surface area contributed by atoms with E-state index in [2.05, 4.69) is 15.4 Å². The summed E-state index contributed by atoms with van der Waals surface area (Å²) >= 11 is 0. The third-order valence-electron chi connectivity index (χ3n) is 5.85. The zero-order valence-corrected chi connectivity index (χ0v) is 18.7. The molecule has 1 amide bonds. The smallest absolute Gasteiger partial charge is 0.336 e. The van der Waals surface area contributed by atoms with Crippen molar-refractivity contribution in [3.8, 4) is 23.1 Å². The molecule has 1 aliphatic rings. The van der Waals surface area contributed by atoms with Gasteiger partial charge in [0.05, 0.1) is 12.3 Å². The minimum Gasteiger partial charge on any atom is -0.460 e. The van der Waals surface area contributed by atoms with Gasteiger partial charge in [-0.1, -0.05) is 43.5 Å². The molecule has 1 aliphatic carbocycles. The summed E-state index contributed by atoms with van der Waals surface area (Å²) in [5.41, 5.74) is 3.71. The van der Waals surface area contributed by atoms with Crippen molar-refractivity contribution >= 4 is 11.6 Å². The van der Waals surface area contributed by atoms with E-state index in [1.54, 1.807) is 11.8 Å². The number of amides is 1. The number of carbonyl (C=O) groups is 1. The number of methoxy groups -OCH3 is 1. The summed E-state index contributed by atoms with van der Waals surface area (Å²) in [5.74, 6) is 0.945. The second-order valence-corrected chi connectivity index (χ2v) is 8.16. The molecule has 0 spiro atoms. The predicted octanol–water partition coefficient (Wildman–Crippen LogP) is 4.79. The zero-order chi connectivity index (χ0) is 22.3. The monoisotopic (exact) mass is 434 g/mol. The molecule has 7 nitrogen and oxygen atoms in total. The number of aryl methyl sites for hydroxylation is 1. The van der Waals surface area contributed by atoms with E-state index in [0.29, 0.717) is 25.0 Å². The molecule has 32 heavy (non-hydrogen) atoms. The number of hydrogen-bond acceptors (Lipinski definition) is 5. The van der Waals surface area contributed by atoms with E-state index >= 15 is 0 Å². The van der Waals surface area contributed by atoms with Crippen molar-refractivity contribution < 1.29 is 14.3 Å². The number of ether oxygens (including phenoxy) is 2. The van der Waals surface area contributed by atoms with Crippen LogP contribution in [0.1, 0.15) is 37.7 Å². The lowest BCUT2D eigenvalue weighted by molar-refractivity contribution is -0.120. The third kappa shape index (κ3) is 5.16. The van der Waals surface area contributed by atoms with Gasteiger partial charge < -0.3 is 14.8 Å². The molecule has 0 saturated heterocycles. The number of aromatic nitrogens is 3. The number of nitrogens with zero attached hydrogens (tertiary/aromatic N) is 3. The van der Waals surface area contributed by atoms with Gasteiger partial charge in [0.2, 0.25) is 5.91 Å². The second-order valence-electron chi connectivity index (χ2n) is 8.16. The van der Waals surface area contributed by atoms with Gasteiger partial charge in [0.15, 0.2) is 5.82 Å². The summed E-state index contributed by atoms with van der Waals surface area (Å²) in [6.07, 6.45) is 5.47. The first kappa shape index (κ1) is 22.0. The minimum atomic E-state index is 0.118. The van der Waals surface area contributed by atoms with Crippen LogP contribution < -0.4 is 10.1 Å². The van der Waals surface area contributed by atoms with E-state index in [4.69, 9.17) is 9.47 Å². The average Bonchev–Trinajstić information content (AvgIpc) is 3.24. The SMILES string of the molecule is COCCOc1nc(-c2ccccc2C)n(-c2ccc(NC(=O)C3CCCCC3)cc2)n1. The zero-order valence-electron chi connectivity index (χ0n) is 18.7. The second kappa shape index (κ2) is 10.4. The maximum atomic E-state index is 12.6. The van der Waals surface area contributed by atoms with Crippen molar-refractivity contribution in [3.05, 3.63) is 54.1 Å². The van der Waals surface area contributed by atoms with Gasteiger partial charge in [-0.25, -0.2) is 4.68 Å². The van der Waals surface area contributed by atoms with Crippen molar-refractivity contribution in [1.29, 1.82) is 0 Å². The van der Waals surface area contributed by atoms with Crippen LogP contribution in [-0.2, 0) is 9.53 Å². The molecule has 0 radical (unpaired) electrons. The maximum absolute atomic E-state index is 12.6. The minimum absolute atomic E-state index is 0.118. The van der Waals surface area contributed by atoms with Crippen LogP contribution >= 0.6 is 0 Å². The first-order valence-electron chi connectivity index (χ1n) is 11.2. The molecule has 0 bridgehead atoms. The van der Waals surface area contributed by atoms with Crippen LogP contribution in [0.3, 0.4) is 0 Å². The fourth-order valence-corrected chi connectivity index (χ4v) is 4.04. The Bertz CT molecular complexity index is 1040. The van der Waals surface area contributed by atoms with E-state index in [0.717, 1.165) is 48.2 Å². The van der Waals surface area contributed by atoms with E-state index in [-0.39, 0.29) is 11.8 Å². The quantitative estimate of drug-likeness (QED) is 0.516. The molecule has 0 atom stereocenters. The number of anilines is 1. The summed E-state index contributed by atoms with van der Waals surface area (Å²) in [5, 5.41) is 7.64. The van der Waals surface area contributed by atoms with Gasteiger partial charge in [0.25, 0.3) is 0 Å². The summed E-state index contributed by atoms with van der Waals surface area (Å²) in [4.78, 5) is 17.2. The van der Waals surface area contributed by atoms with Gasteiger partial charge in [-0.15, -0.1) is 5.10 Å². The predicted molar refractivity (Wildman–Crippen MR) is 124 cm³/mol. The summed E-state index contributed by atoms with van der Waals surface area (Å²) in [6, 6.07) is 16.0. The number of benzene rings is 2. The topological polar surface area (TPSA) is 78.3 Å². The van der Waals surface area contributed by atoms with E-state index in [1.165, 1.54) is 6.42 Å². The average molecular weight is 435 g/mol. The molecule has 4 rings (SSSR count). The highest BCUT2D eigenvalue weighted by atomic mass is 16.5. The first-order valence-corrected chi connectivity index (χ1v) is 11.2. The van der Waals surface area contributed by atoms with Crippen molar-refractivity contribution in [2.75, 3.05) is 25.6 Å². The van der Waals surface area contributed by atoms with Crippen molar-refractivity contribution in [3.63, 3.8) is 0 Å². The van der Waals surface area contributed by atoms with Gasteiger partial charge in [0.1, 0.15) is 6.61 Å². The van der Waals surface area contributed by atoms with Crippen LogP contribution in [0.15, 0.2) is 48.5 Å². The van der Waals surface area contributed by atoms with Gasteiger partial charge >= 0.3 is 6.01 Å². The summed E-state index contributed by atoms with van der Waals surface area (Å²) < 4.78 is 12.5. The van der Waals surface area contributed by atoms with Gasteiger partial charge in [-0.05, 0) is 49.6 Å². The fraction of sp³-hybridized carbons (Fsp3) is 0.400. The number of nitrogens with one attached hydrogen (secondary N) is 1. The van der Waals surface area contributed by atoms with Crippen LogP contribution in [0, 0.1) is 12.8 Å². The van der Waals surface area contributed by atoms with E-state index < -0.39 is 0 Å². The molecular formula is C25H30N4O3. The molecule has 3 aromatic rings. The number of rotatable bonds is 8. The molecule has 1 N–H and O–H groups in total. The van der Waals surface area contributed by atoms with Crippen LogP contribution in [0.5, 0.6) is 6.01 Å². The summed E-state index contributed by atoms with van der Waals surface area (Å²) in [7, 11) is 1.63. The van der Waals surface area contributed by atoms with Crippen molar-refractivity contribution in [1.82, 2.24) is 14.8 Å². The Hall–Kier alpha value is -3.19. The molecule has 0 unspecified atom stereocenters. The standard InChI is InChI=1S/C25H30N4O3/c1-18-8-6-7-11-22(18)23-27-25(32-17-16-31-2)28-29(23)21-14-12-20(13-15-21)26-24(30)19-9-4-3-5-10-19/h6-8,11-15,19H,3-5,9-10,16-17H2,1-2H3,(H,26,30). The highest BCUT2D eigenvalue weighted by Gasteiger charge is 2.21. The van der Waals surface area contributed by atoms with Gasteiger partial charge in [0, 0.05) is 24.3 Å². The Kier molecular flexibility index (Phi) is 7.17. The molecule has 1 heterocycles. The van der Waals surface area contributed by atoms with Gasteiger partial charge in [-0.2, -0.15) is 4.98 Å². The number of carbonyl (C=O) groups excluding carboxylic acids is 1. The molecule has 168 valence electrons. The Morgan fingerprint density at radius 2 is 1.81 bits per heavy atom. The molecule has 1 saturated carbocycles. The largest absolute Gasteiger partial charge is 0.460 e. The lowest BCUT2D eigenvalue weighted by Gasteiger charge is -2.20. The van der Waals surface area contributed by atoms with Crippen LogP contribution in [0.25, 0.3) is 17.1 Å². The number of hydrogen-bond donors (Lipinski definition) is 1.